The van der Waals surface area contributed by atoms with E-state index in [2.05, 4.69) is 10.1 Å². The van der Waals surface area contributed by atoms with Crippen molar-refractivity contribution in [3.05, 3.63) is 23.4 Å². The highest BCUT2D eigenvalue weighted by atomic mass is 16.6. The molecular weight excluding hydrogens is 210 g/mol. The zero-order chi connectivity index (χ0) is 11.5. The van der Waals surface area contributed by atoms with E-state index in [-0.39, 0.29) is 11.9 Å². The molecule has 16 heavy (non-hydrogen) atoms. The Balaban J connectivity index is 2.31. The fourth-order valence-corrected chi connectivity index (χ4v) is 1.42. The molecule has 6 heteroatoms. The molecule has 1 aromatic rings. The molecule has 0 unspecified atom stereocenters. The highest BCUT2D eigenvalue weighted by molar-refractivity contribution is 6.00. The first kappa shape index (κ1) is 10.7. The van der Waals surface area contributed by atoms with Crippen LogP contribution in [-0.4, -0.2) is 35.3 Å². The minimum atomic E-state index is -0.000423. The van der Waals surface area contributed by atoms with Gasteiger partial charge in [0.2, 0.25) is 5.88 Å². The maximum absolute atomic E-state index is 8.70. The van der Waals surface area contributed by atoms with E-state index in [9.17, 15) is 0 Å². The summed E-state index contributed by atoms with van der Waals surface area (Å²) in [4.78, 5) is 4.08. The predicted molar refractivity (Wildman–Crippen MR) is 56.7 cm³/mol. The van der Waals surface area contributed by atoms with Crippen molar-refractivity contribution < 1.29 is 14.7 Å². The monoisotopic (exact) mass is 223 g/mol. The lowest BCUT2D eigenvalue weighted by Crippen LogP contribution is -2.39. The molecule has 1 aliphatic rings. The molecule has 0 atom stereocenters. The number of aromatic nitrogens is 1. The number of hydrogen-bond acceptors (Lipinski definition) is 5. The third kappa shape index (κ3) is 1.92. The quantitative estimate of drug-likeness (QED) is 0.332. The Bertz CT molecular complexity index is 416. The largest absolute Gasteiger partial charge is 0.469 e. The van der Waals surface area contributed by atoms with Crippen LogP contribution in [0.1, 0.15) is 11.1 Å². The molecule has 0 saturated carbocycles. The first-order chi connectivity index (χ1) is 7.72. The Morgan fingerprint density at radius 1 is 1.69 bits per heavy atom. The van der Waals surface area contributed by atoms with Crippen molar-refractivity contribution in [1.29, 1.82) is 0 Å². The van der Waals surface area contributed by atoms with Crippen LogP contribution in [0.4, 0.5) is 0 Å². The Kier molecular flexibility index (Phi) is 2.91. The molecular formula is C10H13N3O3. The van der Waals surface area contributed by atoms with Crippen LogP contribution < -0.4 is 10.5 Å². The van der Waals surface area contributed by atoms with Crippen LogP contribution in [0.3, 0.4) is 0 Å². The van der Waals surface area contributed by atoms with Gasteiger partial charge in [-0.2, -0.15) is 0 Å². The molecule has 0 radical (unpaired) electrons. The number of pyridine rings is 1. The lowest BCUT2D eigenvalue weighted by atomic mass is 10.1. The summed E-state index contributed by atoms with van der Waals surface area (Å²) >= 11 is 0. The summed E-state index contributed by atoms with van der Waals surface area (Å²) in [6.45, 7) is 2.94. The summed E-state index contributed by atoms with van der Waals surface area (Å²) in [6.07, 6.45) is 1.62. The third-order valence-corrected chi connectivity index (χ3v) is 2.37. The van der Waals surface area contributed by atoms with Gasteiger partial charge in [0.25, 0.3) is 0 Å². The molecule has 0 spiro atoms. The van der Waals surface area contributed by atoms with E-state index in [4.69, 9.17) is 20.4 Å². The van der Waals surface area contributed by atoms with Gasteiger partial charge in [-0.3, -0.25) is 0 Å². The first-order valence-corrected chi connectivity index (χ1v) is 4.90. The Labute approximate surface area is 92.7 Å². The number of rotatable bonds is 3. The molecule has 3 N–H and O–H groups in total. The number of ether oxygens (including phenoxy) is 2. The summed E-state index contributed by atoms with van der Waals surface area (Å²) < 4.78 is 10.6. The Hall–Kier alpha value is -1.82. The molecule has 1 aliphatic heterocycles. The first-order valence-electron chi connectivity index (χ1n) is 4.90. The fraction of sp³-hybridized carbons (Fsp3) is 0.400. The van der Waals surface area contributed by atoms with E-state index in [1.807, 2.05) is 6.92 Å². The van der Waals surface area contributed by atoms with Crippen LogP contribution in [-0.2, 0) is 4.74 Å². The van der Waals surface area contributed by atoms with Gasteiger partial charge in [0.05, 0.1) is 18.8 Å². The summed E-state index contributed by atoms with van der Waals surface area (Å²) in [7, 11) is 0. The van der Waals surface area contributed by atoms with E-state index in [0.717, 1.165) is 5.56 Å². The third-order valence-electron chi connectivity index (χ3n) is 2.37. The maximum Gasteiger partial charge on any atom is 0.225 e. The highest BCUT2D eigenvalue weighted by Crippen LogP contribution is 2.21. The van der Waals surface area contributed by atoms with Gasteiger partial charge in [0.15, 0.2) is 5.84 Å². The Morgan fingerprint density at radius 3 is 3.00 bits per heavy atom. The molecule has 1 saturated heterocycles. The molecule has 0 amide bonds. The normalized spacial score (nSPS) is 16.9. The van der Waals surface area contributed by atoms with Crippen molar-refractivity contribution in [3.8, 4) is 5.88 Å². The van der Waals surface area contributed by atoms with Crippen LogP contribution in [0.25, 0.3) is 0 Å². The minimum absolute atomic E-state index is 0.000423. The van der Waals surface area contributed by atoms with Crippen LogP contribution in [0.2, 0.25) is 0 Å². The van der Waals surface area contributed by atoms with Crippen LogP contribution in [0.5, 0.6) is 5.88 Å². The van der Waals surface area contributed by atoms with Gasteiger partial charge < -0.3 is 20.4 Å². The molecule has 1 aromatic heterocycles. The molecule has 6 nitrogen and oxygen atoms in total. The van der Waals surface area contributed by atoms with Crippen LogP contribution in [0, 0.1) is 6.92 Å². The van der Waals surface area contributed by atoms with Gasteiger partial charge in [-0.05, 0) is 18.6 Å². The second-order valence-corrected chi connectivity index (χ2v) is 3.57. The van der Waals surface area contributed by atoms with E-state index >= 15 is 0 Å². The summed E-state index contributed by atoms with van der Waals surface area (Å²) in [5.74, 6) is 0.379. The number of nitrogens with two attached hydrogens (primary N) is 1. The van der Waals surface area contributed by atoms with Crippen LogP contribution >= 0.6 is 0 Å². The van der Waals surface area contributed by atoms with Crippen LogP contribution in [0.15, 0.2) is 17.4 Å². The van der Waals surface area contributed by atoms with Crippen molar-refractivity contribution >= 4 is 5.84 Å². The molecule has 0 aliphatic carbocycles. The number of aryl methyl sites for hydroxylation is 1. The lowest BCUT2D eigenvalue weighted by molar-refractivity contribution is -0.0814. The van der Waals surface area contributed by atoms with E-state index in [1.165, 1.54) is 0 Å². The average molecular weight is 223 g/mol. The second kappa shape index (κ2) is 4.36. The van der Waals surface area contributed by atoms with Crippen molar-refractivity contribution in [2.45, 2.75) is 13.0 Å². The standard InChI is InChI=1S/C10H13N3O3/c1-6-2-3-12-10(8(6)9(11)13-14)16-7-4-15-5-7/h2-3,7,14H,4-5H2,1H3,(H2,11,13). The zero-order valence-electron chi connectivity index (χ0n) is 8.88. The molecule has 2 heterocycles. The molecule has 86 valence electrons. The Morgan fingerprint density at radius 2 is 2.44 bits per heavy atom. The predicted octanol–water partition coefficient (Wildman–Crippen LogP) is 0.262. The SMILES string of the molecule is Cc1ccnc(OC2COC2)c1/C(N)=N/O. The number of amidine groups is 1. The lowest BCUT2D eigenvalue weighted by Gasteiger charge is -2.27. The number of oxime groups is 1. The van der Waals surface area contributed by atoms with Crippen molar-refractivity contribution in [2.75, 3.05) is 13.2 Å². The number of hydrogen-bond donors (Lipinski definition) is 2. The van der Waals surface area contributed by atoms with Crippen molar-refractivity contribution in [1.82, 2.24) is 4.98 Å². The summed E-state index contributed by atoms with van der Waals surface area (Å²) in [5, 5.41) is 11.7. The van der Waals surface area contributed by atoms with Gasteiger partial charge in [-0.15, -0.1) is 0 Å². The average Bonchev–Trinajstić information content (AvgIpc) is 2.22. The second-order valence-electron chi connectivity index (χ2n) is 3.57. The van der Waals surface area contributed by atoms with Gasteiger partial charge in [0, 0.05) is 6.20 Å². The molecule has 0 bridgehead atoms. The molecule has 1 fully saturated rings. The zero-order valence-corrected chi connectivity index (χ0v) is 8.88. The summed E-state index contributed by atoms with van der Waals surface area (Å²) in [6, 6.07) is 1.78. The van der Waals surface area contributed by atoms with Gasteiger partial charge in [-0.25, -0.2) is 4.98 Å². The van der Waals surface area contributed by atoms with Crippen molar-refractivity contribution in [3.63, 3.8) is 0 Å². The smallest absolute Gasteiger partial charge is 0.225 e. The minimum Gasteiger partial charge on any atom is -0.469 e. The highest BCUT2D eigenvalue weighted by Gasteiger charge is 2.23. The van der Waals surface area contributed by atoms with Crippen molar-refractivity contribution in [2.24, 2.45) is 10.9 Å². The molecule has 2 rings (SSSR count). The molecule has 0 aromatic carbocycles. The van der Waals surface area contributed by atoms with E-state index in [0.29, 0.717) is 24.7 Å². The van der Waals surface area contributed by atoms with Gasteiger partial charge in [0.1, 0.15) is 6.10 Å². The summed E-state index contributed by atoms with van der Waals surface area (Å²) in [5.41, 5.74) is 6.95. The van der Waals surface area contributed by atoms with E-state index in [1.54, 1.807) is 12.3 Å². The van der Waals surface area contributed by atoms with Gasteiger partial charge >= 0.3 is 0 Å². The fourth-order valence-electron chi connectivity index (χ4n) is 1.42. The van der Waals surface area contributed by atoms with E-state index < -0.39 is 0 Å². The number of nitrogens with zero attached hydrogens (tertiary/aromatic N) is 2. The topological polar surface area (TPSA) is 90.0 Å². The van der Waals surface area contributed by atoms with Gasteiger partial charge in [-0.1, -0.05) is 5.16 Å². The maximum atomic E-state index is 8.70.